The Morgan fingerprint density at radius 3 is 2.20 bits per heavy atom. The quantitative estimate of drug-likeness (QED) is 0.182. The highest BCUT2D eigenvalue weighted by molar-refractivity contribution is 6.04. The van der Waals surface area contributed by atoms with E-state index in [1.807, 2.05) is 48.3 Å². The van der Waals surface area contributed by atoms with Crippen molar-refractivity contribution in [1.29, 1.82) is 0 Å². The van der Waals surface area contributed by atoms with Crippen molar-refractivity contribution in [1.82, 2.24) is 0 Å². The molecule has 0 spiro atoms. The number of nitro benzene ring substituents is 2. The first-order valence-electron chi connectivity index (χ1n) is 10.3. The number of nitro groups is 2. The van der Waals surface area contributed by atoms with Gasteiger partial charge in [0.05, 0.1) is 28.7 Å². The molecule has 0 amide bonds. The van der Waals surface area contributed by atoms with Crippen molar-refractivity contribution in [2.45, 2.75) is 0 Å². The summed E-state index contributed by atoms with van der Waals surface area (Å²) in [6.45, 7) is 0. The summed E-state index contributed by atoms with van der Waals surface area (Å²) in [5.74, 6) is 0.526. The van der Waals surface area contributed by atoms with Crippen molar-refractivity contribution < 1.29 is 19.7 Å². The molecule has 0 saturated carbocycles. The van der Waals surface area contributed by atoms with Crippen LogP contribution in [0, 0.1) is 20.2 Å². The molecule has 0 aliphatic rings. The fourth-order valence-electron chi connectivity index (χ4n) is 3.61. The van der Waals surface area contributed by atoms with Crippen LogP contribution in [-0.2, 0) is 0 Å². The number of fused-ring (bicyclic) bond motifs is 1. The Morgan fingerprint density at radius 2 is 1.57 bits per heavy atom. The first-order valence-corrected chi connectivity index (χ1v) is 10.3. The van der Waals surface area contributed by atoms with E-state index in [2.05, 4.69) is 10.2 Å². The van der Waals surface area contributed by atoms with Gasteiger partial charge in [-0.15, -0.1) is 10.2 Å². The molecule has 176 valence electrons. The molecular formula is C24H19N5O6. The van der Waals surface area contributed by atoms with Gasteiger partial charge in [0.25, 0.3) is 5.69 Å². The standard InChI is InChI=1S/C24H19N5O6/c1-27(15-7-10-17(35-2)11-8-15)21-14-23(30)24(19-6-4-3-5-18(19)21)26-25-20-12-9-16(28(31)32)13-22(20)29(33)34/h3-14,30H,1-2H3. The van der Waals surface area contributed by atoms with Gasteiger partial charge in [0, 0.05) is 35.6 Å². The predicted octanol–water partition coefficient (Wildman–Crippen LogP) is 6.55. The summed E-state index contributed by atoms with van der Waals surface area (Å²) in [5, 5.41) is 42.5. The Bertz CT molecular complexity index is 1470. The van der Waals surface area contributed by atoms with Gasteiger partial charge in [-0.1, -0.05) is 24.3 Å². The summed E-state index contributed by atoms with van der Waals surface area (Å²) in [5.41, 5.74) is 0.482. The normalized spacial score (nSPS) is 11.0. The Labute approximate surface area is 198 Å². The molecule has 11 heteroatoms. The van der Waals surface area contributed by atoms with Gasteiger partial charge >= 0.3 is 5.69 Å². The summed E-state index contributed by atoms with van der Waals surface area (Å²) < 4.78 is 5.21. The predicted molar refractivity (Wildman–Crippen MR) is 131 cm³/mol. The van der Waals surface area contributed by atoms with Crippen LogP contribution in [0.25, 0.3) is 10.8 Å². The van der Waals surface area contributed by atoms with Crippen LogP contribution in [0.3, 0.4) is 0 Å². The molecule has 4 aromatic carbocycles. The number of benzene rings is 4. The zero-order chi connectivity index (χ0) is 25.1. The summed E-state index contributed by atoms with van der Waals surface area (Å²) >= 11 is 0. The van der Waals surface area contributed by atoms with E-state index >= 15 is 0 Å². The second-order valence-corrected chi connectivity index (χ2v) is 7.45. The van der Waals surface area contributed by atoms with E-state index < -0.39 is 21.2 Å². The van der Waals surface area contributed by atoms with Crippen molar-refractivity contribution >= 4 is 44.9 Å². The monoisotopic (exact) mass is 473 g/mol. The first-order chi connectivity index (χ1) is 16.8. The number of aromatic hydroxyl groups is 1. The molecule has 0 radical (unpaired) electrons. The highest BCUT2D eigenvalue weighted by Gasteiger charge is 2.20. The number of azo groups is 1. The number of hydrogen-bond acceptors (Lipinski definition) is 9. The highest BCUT2D eigenvalue weighted by atomic mass is 16.6. The van der Waals surface area contributed by atoms with Gasteiger partial charge in [-0.25, -0.2) is 0 Å². The van der Waals surface area contributed by atoms with Crippen LogP contribution in [-0.4, -0.2) is 29.1 Å². The molecule has 0 bridgehead atoms. The van der Waals surface area contributed by atoms with Crippen molar-refractivity contribution in [3.05, 3.63) is 93.0 Å². The van der Waals surface area contributed by atoms with Gasteiger partial charge in [0.15, 0.2) is 5.69 Å². The minimum atomic E-state index is -0.772. The number of phenols is 1. The molecule has 0 saturated heterocycles. The van der Waals surface area contributed by atoms with E-state index in [1.165, 1.54) is 6.07 Å². The second kappa shape index (κ2) is 9.43. The average molecular weight is 473 g/mol. The minimum Gasteiger partial charge on any atom is -0.506 e. The lowest BCUT2D eigenvalue weighted by atomic mass is 10.0. The molecule has 0 aliphatic carbocycles. The number of rotatable bonds is 7. The summed E-state index contributed by atoms with van der Waals surface area (Å²) in [7, 11) is 3.44. The molecule has 4 aromatic rings. The van der Waals surface area contributed by atoms with Crippen molar-refractivity contribution in [2.24, 2.45) is 10.2 Å². The van der Waals surface area contributed by atoms with Crippen LogP contribution in [0.1, 0.15) is 0 Å². The largest absolute Gasteiger partial charge is 0.506 e. The molecule has 1 N–H and O–H groups in total. The van der Waals surface area contributed by atoms with Gasteiger partial charge in [-0.05, 0) is 30.3 Å². The van der Waals surface area contributed by atoms with Gasteiger partial charge in [-0.2, -0.15) is 0 Å². The van der Waals surface area contributed by atoms with Crippen LogP contribution >= 0.6 is 0 Å². The number of ether oxygens (including phenoxy) is 1. The molecule has 0 aliphatic heterocycles. The van der Waals surface area contributed by atoms with Crippen LogP contribution in [0.5, 0.6) is 11.5 Å². The van der Waals surface area contributed by atoms with E-state index in [0.29, 0.717) is 16.8 Å². The smallest absolute Gasteiger partial charge is 0.303 e. The van der Waals surface area contributed by atoms with Crippen LogP contribution < -0.4 is 9.64 Å². The third-order valence-corrected chi connectivity index (χ3v) is 5.42. The summed E-state index contributed by atoms with van der Waals surface area (Å²) in [6, 6.07) is 19.2. The maximum Gasteiger partial charge on any atom is 0.303 e. The van der Waals surface area contributed by atoms with Gasteiger partial charge in [0.2, 0.25) is 0 Å². The fraction of sp³-hybridized carbons (Fsp3) is 0.0833. The molecule has 11 nitrogen and oxygen atoms in total. The Hall–Kier alpha value is -5.06. The number of methoxy groups -OCH3 is 1. The van der Waals surface area contributed by atoms with Gasteiger partial charge in [-0.3, -0.25) is 20.2 Å². The number of phenolic OH excluding ortho intramolecular Hbond substituents is 1. The third kappa shape index (κ3) is 4.55. The number of nitrogens with zero attached hydrogens (tertiary/aromatic N) is 5. The Balaban J connectivity index is 1.79. The number of anilines is 2. The molecule has 35 heavy (non-hydrogen) atoms. The van der Waals surface area contributed by atoms with Crippen LogP contribution in [0.2, 0.25) is 0 Å². The minimum absolute atomic E-state index is 0.111. The van der Waals surface area contributed by atoms with Crippen molar-refractivity contribution in [2.75, 3.05) is 19.1 Å². The molecular weight excluding hydrogens is 454 g/mol. The fourth-order valence-corrected chi connectivity index (χ4v) is 3.61. The lowest BCUT2D eigenvalue weighted by Gasteiger charge is -2.22. The maximum absolute atomic E-state index is 11.4. The van der Waals surface area contributed by atoms with Crippen molar-refractivity contribution in [3.63, 3.8) is 0 Å². The van der Waals surface area contributed by atoms with E-state index in [-0.39, 0.29) is 17.1 Å². The lowest BCUT2D eigenvalue weighted by Crippen LogP contribution is -2.09. The van der Waals surface area contributed by atoms with Crippen LogP contribution in [0.4, 0.5) is 34.1 Å². The summed E-state index contributed by atoms with van der Waals surface area (Å²) in [4.78, 5) is 22.8. The van der Waals surface area contributed by atoms with E-state index in [1.54, 1.807) is 19.2 Å². The molecule has 4 rings (SSSR count). The van der Waals surface area contributed by atoms with E-state index in [4.69, 9.17) is 4.74 Å². The zero-order valence-corrected chi connectivity index (χ0v) is 18.7. The SMILES string of the molecule is COc1ccc(N(C)c2cc(O)c(N=Nc3ccc([N+](=O)[O-])cc3[N+](=O)[O-])c3ccccc23)cc1. The number of non-ortho nitro benzene ring substituents is 1. The van der Waals surface area contributed by atoms with Crippen molar-refractivity contribution in [3.8, 4) is 11.5 Å². The molecule has 0 unspecified atom stereocenters. The molecule has 0 atom stereocenters. The Kier molecular flexibility index (Phi) is 6.23. The Morgan fingerprint density at radius 1 is 0.886 bits per heavy atom. The lowest BCUT2D eigenvalue weighted by molar-refractivity contribution is -0.393. The van der Waals surface area contributed by atoms with Gasteiger partial charge < -0.3 is 14.7 Å². The highest BCUT2D eigenvalue weighted by Crippen LogP contribution is 2.44. The third-order valence-electron chi connectivity index (χ3n) is 5.42. The van der Waals surface area contributed by atoms with E-state index in [9.17, 15) is 25.3 Å². The molecule has 0 heterocycles. The van der Waals surface area contributed by atoms with Crippen LogP contribution in [0.15, 0.2) is 83.0 Å². The maximum atomic E-state index is 11.4. The topological polar surface area (TPSA) is 144 Å². The van der Waals surface area contributed by atoms with Gasteiger partial charge in [0.1, 0.15) is 17.2 Å². The average Bonchev–Trinajstić information content (AvgIpc) is 2.87. The second-order valence-electron chi connectivity index (χ2n) is 7.45. The summed E-state index contributed by atoms with van der Waals surface area (Å²) in [6.07, 6.45) is 0. The molecule has 0 aromatic heterocycles. The first kappa shape index (κ1) is 23.1. The molecule has 0 fully saturated rings. The number of hydrogen-bond donors (Lipinski definition) is 1. The van der Waals surface area contributed by atoms with E-state index in [0.717, 1.165) is 29.3 Å². The zero-order valence-electron chi connectivity index (χ0n) is 18.7.